The van der Waals surface area contributed by atoms with E-state index >= 15 is 0 Å². The first-order valence-corrected chi connectivity index (χ1v) is 7.54. The molecular weight excluding hydrogens is 295 g/mol. The van der Waals surface area contributed by atoms with Crippen molar-refractivity contribution in [2.45, 2.75) is 32.9 Å². The molecule has 1 unspecified atom stereocenters. The van der Waals surface area contributed by atoms with Crippen LogP contribution in [0, 0.1) is 5.82 Å². The molecule has 0 bridgehead atoms. The minimum Gasteiger partial charge on any atom is -0.471 e. The van der Waals surface area contributed by atoms with E-state index in [-0.39, 0.29) is 5.69 Å². The Kier molecular flexibility index (Phi) is 5.57. The fourth-order valence-corrected chi connectivity index (χ4v) is 2.07. The molecular formula is C18H21FN2O2. The predicted octanol–water partition coefficient (Wildman–Crippen LogP) is 4.50. The van der Waals surface area contributed by atoms with E-state index < -0.39 is 18.1 Å². The van der Waals surface area contributed by atoms with E-state index in [1.165, 1.54) is 17.7 Å². The Balaban J connectivity index is 1.87. The van der Waals surface area contributed by atoms with Gasteiger partial charge in [0.1, 0.15) is 11.6 Å². The van der Waals surface area contributed by atoms with Gasteiger partial charge in [0.2, 0.25) is 0 Å². The first-order valence-electron chi connectivity index (χ1n) is 7.54. The van der Waals surface area contributed by atoms with E-state index in [4.69, 9.17) is 4.74 Å². The minimum atomic E-state index is -0.549. The zero-order chi connectivity index (χ0) is 16.8. The van der Waals surface area contributed by atoms with Crippen LogP contribution in [0.4, 0.5) is 14.9 Å². The lowest BCUT2D eigenvalue weighted by Gasteiger charge is -2.17. The van der Waals surface area contributed by atoms with Crippen molar-refractivity contribution in [2.24, 2.45) is 0 Å². The van der Waals surface area contributed by atoms with Gasteiger partial charge in [-0.05, 0) is 42.7 Å². The number of halogens is 1. The van der Waals surface area contributed by atoms with E-state index in [1.807, 2.05) is 24.3 Å². The highest BCUT2D eigenvalue weighted by molar-refractivity contribution is 5.89. The molecule has 23 heavy (non-hydrogen) atoms. The molecule has 4 nitrogen and oxygen atoms in total. The second-order valence-electron chi connectivity index (χ2n) is 5.56. The SMILES string of the molecule is CC(NC(=O)Nc1ccccc1F)Oc1ccc(C(C)C)cc1. The number of amides is 2. The number of nitrogens with one attached hydrogen (secondary N) is 2. The summed E-state index contributed by atoms with van der Waals surface area (Å²) in [6.45, 7) is 5.94. The van der Waals surface area contributed by atoms with Crippen LogP contribution in [0.5, 0.6) is 5.75 Å². The summed E-state index contributed by atoms with van der Waals surface area (Å²) in [6.07, 6.45) is -0.549. The Morgan fingerprint density at radius 3 is 2.30 bits per heavy atom. The van der Waals surface area contributed by atoms with Crippen molar-refractivity contribution in [2.75, 3.05) is 5.32 Å². The molecule has 2 rings (SSSR count). The molecule has 122 valence electrons. The standard InChI is InChI=1S/C18H21FN2O2/c1-12(2)14-8-10-15(11-9-14)23-13(3)20-18(22)21-17-7-5-4-6-16(17)19/h4-13H,1-3H3,(H2,20,21,22). The zero-order valence-corrected chi connectivity index (χ0v) is 13.5. The van der Waals surface area contributed by atoms with Gasteiger partial charge in [-0.25, -0.2) is 9.18 Å². The smallest absolute Gasteiger partial charge is 0.322 e. The van der Waals surface area contributed by atoms with Crippen molar-refractivity contribution in [1.29, 1.82) is 0 Å². The second-order valence-corrected chi connectivity index (χ2v) is 5.56. The molecule has 2 aromatic rings. The zero-order valence-electron chi connectivity index (χ0n) is 13.5. The normalized spacial score (nSPS) is 11.9. The van der Waals surface area contributed by atoms with Crippen molar-refractivity contribution in [1.82, 2.24) is 5.32 Å². The highest BCUT2D eigenvalue weighted by Gasteiger charge is 2.10. The number of carbonyl (C=O) groups excluding carboxylic acids is 1. The van der Waals surface area contributed by atoms with Crippen LogP contribution in [0.1, 0.15) is 32.3 Å². The molecule has 2 amide bonds. The molecule has 0 heterocycles. The van der Waals surface area contributed by atoms with Crippen molar-refractivity contribution in [3.05, 3.63) is 59.9 Å². The molecule has 0 aromatic heterocycles. The topological polar surface area (TPSA) is 50.4 Å². The summed E-state index contributed by atoms with van der Waals surface area (Å²) < 4.78 is 19.1. The van der Waals surface area contributed by atoms with Crippen LogP contribution in [0.25, 0.3) is 0 Å². The lowest BCUT2D eigenvalue weighted by Crippen LogP contribution is -2.39. The molecule has 2 N–H and O–H groups in total. The molecule has 0 fully saturated rings. The Bertz CT molecular complexity index is 656. The van der Waals surface area contributed by atoms with Crippen LogP contribution in [0.3, 0.4) is 0 Å². The number of urea groups is 1. The van der Waals surface area contributed by atoms with E-state index in [1.54, 1.807) is 19.1 Å². The van der Waals surface area contributed by atoms with Gasteiger partial charge in [-0.1, -0.05) is 38.1 Å². The summed E-state index contributed by atoms with van der Waals surface area (Å²) in [5, 5.41) is 5.05. The number of rotatable bonds is 5. The highest BCUT2D eigenvalue weighted by atomic mass is 19.1. The van der Waals surface area contributed by atoms with Crippen LogP contribution in [-0.2, 0) is 0 Å². The van der Waals surface area contributed by atoms with Gasteiger partial charge < -0.3 is 15.4 Å². The van der Waals surface area contributed by atoms with Crippen molar-refractivity contribution in [3.8, 4) is 5.75 Å². The fourth-order valence-electron chi connectivity index (χ4n) is 2.07. The Labute approximate surface area is 135 Å². The summed E-state index contributed by atoms with van der Waals surface area (Å²) in [5.74, 6) is 0.625. The minimum absolute atomic E-state index is 0.124. The average molecular weight is 316 g/mol. The third-order valence-electron chi connectivity index (χ3n) is 3.32. The first kappa shape index (κ1) is 16.8. The van der Waals surface area contributed by atoms with E-state index in [0.29, 0.717) is 11.7 Å². The van der Waals surface area contributed by atoms with E-state index in [0.717, 1.165) is 0 Å². The van der Waals surface area contributed by atoms with Crippen LogP contribution < -0.4 is 15.4 Å². The van der Waals surface area contributed by atoms with Gasteiger partial charge in [0.05, 0.1) is 5.69 Å². The third-order valence-corrected chi connectivity index (χ3v) is 3.32. The molecule has 1 atom stereocenters. The highest BCUT2D eigenvalue weighted by Crippen LogP contribution is 2.19. The van der Waals surface area contributed by atoms with Gasteiger partial charge in [0.15, 0.2) is 6.23 Å². The molecule has 2 aromatic carbocycles. The third kappa shape index (κ3) is 4.98. The molecule has 0 radical (unpaired) electrons. The lowest BCUT2D eigenvalue weighted by atomic mass is 10.0. The maximum absolute atomic E-state index is 13.5. The number of anilines is 1. The first-order chi connectivity index (χ1) is 11.0. The summed E-state index contributed by atoms with van der Waals surface area (Å²) in [6, 6.07) is 13.2. The molecule has 0 aliphatic carbocycles. The van der Waals surface area contributed by atoms with Crippen LogP contribution in [0.2, 0.25) is 0 Å². The average Bonchev–Trinajstić information content (AvgIpc) is 2.50. The van der Waals surface area contributed by atoms with E-state index in [2.05, 4.69) is 24.5 Å². The number of hydrogen-bond donors (Lipinski definition) is 2. The maximum atomic E-state index is 13.5. The number of carbonyl (C=O) groups is 1. The van der Waals surface area contributed by atoms with Gasteiger partial charge in [-0.2, -0.15) is 0 Å². The van der Waals surface area contributed by atoms with Gasteiger partial charge >= 0.3 is 6.03 Å². The van der Waals surface area contributed by atoms with Crippen LogP contribution >= 0.6 is 0 Å². The molecule has 5 heteroatoms. The Morgan fingerprint density at radius 1 is 1.04 bits per heavy atom. The lowest BCUT2D eigenvalue weighted by molar-refractivity contribution is 0.183. The van der Waals surface area contributed by atoms with Crippen molar-refractivity contribution >= 4 is 11.7 Å². The molecule has 0 aliphatic rings. The van der Waals surface area contributed by atoms with Gasteiger partial charge in [-0.3, -0.25) is 0 Å². The molecule has 0 spiro atoms. The largest absolute Gasteiger partial charge is 0.471 e. The quantitative estimate of drug-likeness (QED) is 0.798. The summed E-state index contributed by atoms with van der Waals surface area (Å²) in [4.78, 5) is 11.8. The van der Waals surface area contributed by atoms with Gasteiger partial charge in [-0.15, -0.1) is 0 Å². The molecule has 0 saturated carbocycles. The maximum Gasteiger partial charge on any atom is 0.322 e. The van der Waals surface area contributed by atoms with Crippen molar-refractivity contribution < 1.29 is 13.9 Å². The van der Waals surface area contributed by atoms with E-state index in [9.17, 15) is 9.18 Å². The van der Waals surface area contributed by atoms with Gasteiger partial charge in [0.25, 0.3) is 0 Å². The summed E-state index contributed by atoms with van der Waals surface area (Å²) >= 11 is 0. The van der Waals surface area contributed by atoms with Crippen LogP contribution in [-0.4, -0.2) is 12.3 Å². The number of para-hydroxylation sites is 1. The fraction of sp³-hybridized carbons (Fsp3) is 0.278. The predicted molar refractivity (Wildman–Crippen MR) is 89.2 cm³/mol. The van der Waals surface area contributed by atoms with Gasteiger partial charge in [0, 0.05) is 0 Å². The molecule has 0 aliphatic heterocycles. The monoisotopic (exact) mass is 316 g/mol. The summed E-state index contributed by atoms with van der Waals surface area (Å²) in [5.41, 5.74) is 1.34. The Hall–Kier alpha value is -2.56. The second kappa shape index (κ2) is 7.63. The number of hydrogen-bond acceptors (Lipinski definition) is 2. The Morgan fingerprint density at radius 2 is 1.70 bits per heavy atom. The number of benzene rings is 2. The van der Waals surface area contributed by atoms with Crippen molar-refractivity contribution in [3.63, 3.8) is 0 Å². The number of ether oxygens (including phenoxy) is 1. The van der Waals surface area contributed by atoms with Crippen LogP contribution in [0.15, 0.2) is 48.5 Å². The molecule has 0 saturated heterocycles. The summed E-state index contributed by atoms with van der Waals surface area (Å²) in [7, 11) is 0.